The number of aromatic nitrogens is 6. The molecule has 2 aromatic heterocycles. The zero-order valence-corrected chi connectivity index (χ0v) is 10.2. The van der Waals surface area contributed by atoms with Crippen LogP contribution in [0.15, 0.2) is 12.4 Å². The minimum atomic E-state index is -0.821. The molecular formula is C10H14N6O2. The third kappa shape index (κ3) is 2.70. The number of hydrogen-bond acceptors (Lipinski definition) is 5. The highest BCUT2D eigenvalue weighted by atomic mass is 16.4. The van der Waals surface area contributed by atoms with Gasteiger partial charge in [0.15, 0.2) is 5.82 Å². The minimum absolute atomic E-state index is 0.0404. The lowest BCUT2D eigenvalue weighted by atomic mass is 10.1. The number of carbonyl (C=O) groups is 1. The summed E-state index contributed by atoms with van der Waals surface area (Å²) in [4.78, 5) is 10.6. The number of aliphatic carboxylic acids is 1. The van der Waals surface area contributed by atoms with Gasteiger partial charge in [0.25, 0.3) is 0 Å². The Bertz CT molecular complexity index is 546. The van der Waals surface area contributed by atoms with Crippen LogP contribution in [0.25, 0.3) is 11.4 Å². The van der Waals surface area contributed by atoms with Gasteiger partial charge in [-0.2, -0.15) is 5.10 Å². The predicted molar refractivity (Wildman–Crippen MR) is 61.4 cm³/mol. The van der Waals surface area contributed by atoms with Crippen molar-refractivity contribution >= 4 is 5.97 Å². The maximum Gasteiger partial charge on any atom is 0.303 e. The molecule has 0 fully saturated rings. The molecule has 1 atom stereocenters. The van der Waals surface area contributed by atoms with Crippen molar-refractivity contribution in [2.45, 2.75) is 19.9 Å². The molecule has 1 unspecified atom stereocenters. The Morgan fingerprint density at radius 2 is 2.33 bits per heavy atom. The fourth-order valence-corrected chi connectivity index (χ4v) is 1.73. The van der Waals surface area contributed by atoms with Gasteiger partial charge in [-0.15, -0.1) is 5.10 Å². The van der Waals surface area contributed by atoms with Crippen molar-refractivity contribution in [2.75, 3.05) is 0 Å². The van der Waals surface area contributed by atoms with Crippen molar-refractivity contribution in [1.29, 1.82) is 0 Å². The van der Waals surface area contributed by atoms with E-state index in [0.29, 0.717) is 12.4 Å². The van der Waals surface area contributed by atoms with Crippen LogP contribution >= 0.6 is 0 Å². The molecule has 0 aliphatic heterocycles. The molecule has 0 radical (unpaired) electrons. The molecular weight excluding hydrogens is 236 g/mol. The molecule has 2 aromatic rings. The highest BCUT2D eigenvalue weighted by Crippen LogP contribution is 2.16. The molecule has 0 aromatic carbocycles. The molecule has 0 spiro atoms. The Morgan fingerprint density at radius 3 is 2.94 bits per heavy atom. The Hall–Kier alpha value is -2.25. The first-order chi connectivity index (χ1) is 8.56. The molecule has 8 nitrogen and oxygen atoms in total. The Balaban J connectivity index is 2.15. The minimum Gasteiger partial charge on any atom is -0.481 e. The second kappa shape index (κ2) is 4.94. The summed E-state index contributed by atoms with van der Waals surface area (Å²) in [6, 6.07) is 0. The summed E-state index contributed by atoms with van der Waals surface area (Å²) in [6.45, 7) is 2.31. The quantitative estimate of drug-likeness (QED) is 0.813. The molecule has 2 heterocycles. The van der Waals surface area contributed by atoms with Gasteiger partial charge in [-0.1, -0.05) is 6.92 Å². The van der Waals surface area contributed by atoms with Crippen molar-refractivity contribution in [3.8, 4) is 11.4 Å². The fourth-order valence-electron chi connectivity index (χ4n) is 1.73. The first kappa shape index (κ1) is 12.2. The molecule has 8 heteroatoms. The van der Waals surface area contributed by atoms with Gasteiger partial charge in [-0.05, 0) is 16.3 Å². The van der Waals surface area contributed by atoms with Gasteiger partial charge in [0.2, 0.25) is 0 Å². The van der Waals surface area contributed by atoms with Crippen LogP contribution in [0.3, 0.4) is 0 Å². The second-order valence-corrected chi connectivity index (χ2v) is 4.29. The predicted octanol–water partition coefficient (Wildman–Crippen LogP) is 0.184. The number of aryl methyl sites for hydroxylation is 1. The molecule has 0 aliphatic rings. The van der Waals surface area contributed by atoms with Crippen LogP contribution in [0.1, 0.15) is 13.3 Å². The zero-order valence-electron chi connectivity index (χ0n) is 10.2. The number of rotatable bonds is 5. The SMILES string of the molecule is CC(CC(=O)O)Cn1nnnc1-c1cnn(C)c1. The summed E-state index contributed by atoms with van der Waals surface area (Å²) in [5.41, 5.74) is 0.810. The van der Waals surface area contributed by atoms with Gasteiger partial charge in [0.05, 0.1) is 11.8 Å². The molecule has 96 valence electrons. The maximum absolute atomic E-state index is 10.6. The fraction of sp³-hybridized carbons (Fsp3) is 0.500. The third-order valence-corrected chi connectivity index (χ3v) is 2.50. The summed E-state index contributed by atoms with van der Waals surface area (Å²) < 4.78 is 3.26. The highest BCUT2D eigenvalue weighted by Gasteiger charge is 2.15. The van der Waals surface area contributed by atoms with E-state index < -0.39 is 5.97 Å². The van der Waals surface area contributed by atoms with Gasteiger partial charge in [-0.25, -0.2) is 4.68 Å². The molecule has 0 saturated heterocycles. The van der Waals surface area contributed by atoms with Crippen molar-refractivity contribution in [3.63, 3.8) is 0 Å². The van der Waals surface area contributed by atoms with E-state index in [1.54, 1.807) is 15.6 Å². The first-order valence-electron chi connectivity index (χ1n) is 5.53. The molecule has 0 bridgehead atoms. The van der Waals surface area contributed by atoms with Crippen LogP contribution in [-0.4, -0.2) is 41.1 Å². The van der Waals surface area contributed by atoms with Crippen LogP contribution in [0.2, 0.25) is 0 Å². The normalized spacial score (nSPS) is 12.6. The Labute approximate surface area is 103 Å². The van der Waals surface area contributed by atoms with E-state index in [1.165, 1.54) is 0 Å². The second-order valence-electron chi connectivity index (χ2n) is 4.29. The van der Waals surface area contributed by atoms with Crippen LogP contribution in [-0.2, 0) is 18.4 Å². The summed E-state index contributed by atoms with van der Waals surface area (Å²) in [5.74, 6) is -0.264. The van der Waals surface area contributed by atoms with Gasteiger partial charge in [-0.3, -0.25) is 9.48 Å². The van der Waals surface area contributed by atoms with E-state index in [4.69, 9.17) is 5.11 Å². The van der Waals surface area contributed by atoms with E-state index >= 15 is 0 Å². The van der Waals surface area contributed by atoms with Gasteiger partial charge >= 0.3 is 5.97 Å². The lowest BCUT2D eigenvalue weighted by Crippen LogP contribution is -2.14. The van der Waals surface area contributed by atoms with E-state index in [1.807, 2.05) is 20.2 Å². The first-order valence-corrected chi connectivity index (χ1v) is 5.53. The smallest absolute Gasteiger partial charge is 0.303 e. The van der Waals surface area contributed by atoms with Crippen LogP contribution in [0.4, 0.5) is 0 Å². The summed E-state index contributed by atoms with van der Waals surface area (Å²) in [7, 11) is 1.81. The van der Waals surface area contributed by atoms with Crippen molar-refractivity contribution in [3.05, 3.63) is 12.4 Å². The number of carboxylic acid groups (broad SMARTS) is 1. The van der Waals surface area contributed by atoms with E-state index in [2.05, 4.69) is 20.6 Å². The largest absolute Gasteiger partial charge is 0.481 e. The van der Waals surface area contributed by atoms with E-state index in [0.717, 1.165) is 5.56 Å². The number of carboxylic acids is 1. The molecule has 18 heavy (non-hydrogen) atoms. The molecule has 2 rings (SSSR count). The molecule has 1 N–H and O–H groups in total. The summed E-state index contributed by atoms with van der Waals surface area (Å²) >= 11 is 0. The number of nitrogens with zero attached hydrogens (tertiary/aromatic N) is 6. The van der Waals surface area contributed by atoms with E-state index in [9.17, 15) is 4.79 Å². The lowest BCUT2D eigenvalue weighted by Gasteiger charge is -2.08. The Kier molecular flexibility index (Phi) is 3.35. The monoisotopic (exact) mass is 250 g/mol. The summed E-state index contributed by atoms with van der Waals surface area (Å²) in [6.07, 6.45) is 3.57. The standard InChI is InChI=1S/C10H14N6O2/c1-7(3-9(17)18)5-16-10(12-13-14-16)8-4-11-15(2)6-8/h4,6-7H,3,5H2,1-2H3,(H,17,18). The van der Waals surface area contributed by atoms with Crippen molar-refractivity contribution < 1.29 is 9.90 Å². The maximum atomic E-state index is 10.6. The van der Waals surface area contributed by atoms with Crippen molar-refractivity contribution in [1.82, 2.24) is 30.0 Å². The average molecular weight is 250 g/mol. The van der Waals surface area contributed by atoms with Gasteiger partial charge in [0, 0.05) is 26.2 Å². The molecule has 0 amide bonds. The molecule has 0 saturated carbocycles. The topological polar surface area (TPSA) is 98.7 Å². The molecule has 0 aliphatic carbocycles. The van der Waals surface area contributed by atoms with Crippen LogP contribution in [0.5, 0.6) is 0 Å². The van der Waals surface area contributed by atoms with Gasteiger partial charge < -0.3 is 5.11 Å². The average Bonchev–Trinajstić information content (AvgIpc) is 2.85. The number of tetrazole rings is 1. The van der Waals surface area contributed by atoms with Crippen molar-refractivity contribution in [2.24, 2.45) is 13.0 Å². The zero-order chi connectivity index (χ0) is 13.1. The van der Waals surface area contributed by atoms with E-state index in [-0.39, 0.29) is 12.3 Å². The van der Waals surface area contributed by atoms with Crippen LogP contribution < -0.4 is 0 Å². The Morgan fingerprint density at radius 1 is 1.56 bits per heavy atom. The van der Waals surface area contributed by atoms with Crippen LogP contribution in [0, 0.1) is 5.92 Å². The lowest BCUT2D eigenvalue weighted by molar-refractivity contribution is -0.138. The third-order valence-electron chi connectivity index (χ3n) is 2.50. The number of hydrogen-bond donors (Lipinski definition) is 1. The van der Waals surface area contributed by atoms with Gasteiger partial charge in [0.1, 0.15) is 0 Å². The highest BCUT2D eigenvalue weighted by molar-refractivity contribution is 5.66. The summed E-state index contributed by atoms with van der Waals surface area (Å²) in [5, 5.41) is 24.2.